The van der Waals surface area contributed by atoms with E-state index in [0.717, 1.165) is 6.42 Å². The van der Waals surface area contributed by atoms with E-state index in [-0.39, 0.29) is 17.9 Å². The summed E-state index contributed by atoms with van der Waals surface area (Å²) in [7, 11) is 0. The molecule has 0 spiro atoms. The van der Waals surface area contributed by atoms with Gasteiger partial charge in [-0.25, -0.2) is 0 Å². The van der Waals surface area contributed by atoms with E-state index in [0.29, 0.717) is 10.6 Å². The van der Waals surface area contributed by atoms with Crippen molar-refractivity contribution in [3.63, 3.8) is 0 Å². The largest absolute Gasteiger partial charge is 0.305 e. The summed E-state index contributed by atoms with van der Waals surface area (Å²) in [5.41, 5.74) is 1.91. The van der Waals surface area contributed by atoms with Gasteiger partial charge in [-0.05, 0) is 38.0 Å². The van der Waals surface area contributed by atoms with Crippen molar-refractivity contribution in [2.45, 2.75) is 32.4 Å². The molecule has 3 heteroatoms. The van der Waals surface area contributed by atoms with Crippen LogP contribution >= 0.6 is 11.6 Å². The molecular weight excluding hydrogens is 282 g/mol. The third kappa shape index (κ3) is 4.69. The monoisotopic (exact) mass is 301 g/mol. The normalized spacial score (nSPS) is 13.7. The molecule has 0 aliphatic heterocycles. The van der Waals surface area contributed by atoms with Gasteiger partial charge in [0, 0.05) is 16.6 Å². The zero-order valence-electron chi connectivity index (χ0n) is 12.3. The first-order valence-electron chi connectivity index (χ1n) is 7.16. The molecule has 0 bridgehead atoms. The number of carbonyl (C=O) groups excluding carboxylic acids is 1. The van der Waals surface area contributed by atoms with E-state index < -0.39 is 0 Å². The van der Waals surface area contributed by atoms with Gasteiger partial charge in [0.05, 0.1) is 6.04 Å². The smallest absolute Gasteiger partial charge is 0.179 e. The van der Waals surface area contributed by atoms with Crippen LogP contribution in [0.25, 0.3) is 0 Å². The second-order valence-corrected chi connectivity index (χ2v) is 5.79. The van der Waals surface area contributed by atoms with E-state index >= 15 is 0 Å². The molecule has 21 heavy (non-hydrogen) atoms. The summed E-state index contributed by atoms with van der Waals surface area (Å²) in [6.45, 7) is 3.99. The predicted molar refractivity (Wildman–Crippen MR) is 88.0 cm³/mol. The summed E-state index contributed by atoms with van der Waals surface area (Å²) in [5, 5.41) is 3.94. The Morgan fingerprint density at radius 3 is 2.48 bits per heavy atom. The lowest BCUT2D eigenvalue weighted by molar-refractivity contribution is 0.0945. The molecule has 0 heterocycles. The first-order valence-corrected chi connectivity index (χ1v) is 7.54. The van der Waals surface area contributed by atoms with E-state index in [2.05, 4.69) is 24.4 Å². The first kappa shape index (κ1) is 15.7. The molecule has 0 amide bonds. The summed E-state index contributed by atoms with van der Waals surface area (Å²) in [4.78, 5) is 12.4. The second-order valence-electron chi connectivity index (χ2n) is 5.35. The molecule has 0 fully saturated rings. The van der Waals surface area contributed by atoms with Crippen LogP contribution in [0, 0.1) is 0 Å². The Morgan fingerprint density at radius 1 is 1.10 bits per heavy atom. The molecule has 0 aliphatic rings. The lowest BCUT2D eigenvalue weighted by Crippen LogP contribution is -2.41. The summed E-state index contributed by atoms with van der Waals surface area (Å²) in [6.07, 6.45) is 0.897. The minimum absolute atomic E-state index is 0.0670. The number of hydrogen-bond acceptors (Lipinski definition) is 2. The highest BCUT2D eigenvalue weighted by atomic mass is 35.5. The fourth-order valence-corrected chi connectivity index (χ4v) is 2.61. The number of carbonyl (C=O) groups is 1. The Morgan fingerprint density at radius 2 is 1.81 bits per heavy atom. The maximum Gasteiger partial charge on any atom is 0.179 e. The summed E-state index contributed by atoms with van der Waals surface area (Å²) < 4.78 is 0. The Bertz CT molecular complexity index is 597. The van der Waals surface area contributed by atoms with Crippen LogP contribution in [0.3, 0.4) is 0 Å². The molecule has 2 nitrogen and oxygen atoms in total. The average Bonchev–Trinajstić information content (AvgIpc) is 2.47. The molecule has 0 aromatic heterocycles. The van der Waals surface area contributed by atoms with Crippen molar-refractivity contribution in [1.82, 2.24) is 5.32 Å². The van der Waals surface area contributed by atoms with Crippen LogP contribution in [0.1, 0.15) is 29.8 Å². The van der Waals surface area contributed by atoms with Crippen molar-refractivity contribution >= 4 is 17.4 Å². The van der Waals surface area contributed by atoms with Crippen molar-refractivity contribution in [2.24, 2.45) is 0 Å². The second kappa shape index (κ2) is 7.39. The molecule has 2 aromatic rings. The highest BCUT2D eigenvalue weighted by molar-refractivity contribution is 6.31. The van der Waals surface area contributed by atoms with Crippen LogP contribution in [-0.2, 0) is 6.42 Å². The summed E-state index contributed by atoms with van der Waals surface area (Å²) >= 11 is 5.93. The van der Waals surface area contributed by atoms with Gasteiger partial charge in [0.1, 0.15) is 0 Å². The van der Waals surface area contributed by atoms with Crippen molar-refractivity contribution in [3.8, 4) is 0 Å². The van der Waals surface area contributed by atoms with E-state index in [1.165, 1.54) is 5.56 Å². The molecule has 2 aromatic carbocycles. The number of benzene rings is 2. The van der Waals surface area contributed by atoms with Gasteiger partial charge < -0.3 is 5.32 Å². The minimum atomic E-state index is -0.234. The van der Waals surface area contributed by atoms with Crippen LogP contribution in [-0.4, -0.2) is 17.9 Å². The maximum atomic E-state index is 12.4. The molecule has 0 saturated heterocycles. The fraction of sp³-hybridized carbons (Fsp3) is 0.278. The highest BCUT2D eigenvalue weighted by Crippen LogP contribution is 2.13. The SMILES string of the molecule is CC(Cc1ccccc1)NC(C)C(=O)c1cccc(Cl)c1. The number of hydrogen-bond donors (Lipinski definition) is 1. The number of rotatable bonds is 6. The van der Waals surface area contributed by atoms with E-state index in [1.54, 1.807) is 24.3 Å². The maximum absolute atomic E-state index is 12.4. The van der Waals surface area contributed by atoms with Crippen molar-refractivity contribution in [1.29, 1.82) is 0 Å². The Kier molecular flexibility index (Phi) is 5.54. The molecule has 2 unspecified atom stereocenters. The van der Waals surface area contributed by atoms with E-state index in [9.17, 15) is 4.79 Å². The Balaban J connectivity index is 1.94. The van der Waals surface area contributed by atoms with Crippen LogP contribution in [0.4, 0.5) is 0 Å². The Hall–Kier alpha value is -1.64. The molecule has 0 aliphatic carbocycles. The molecule has 0 radical (unpaired) electrons. The summed E-state index contributed by atoms with van der Waals surface area (Å²) in [5.74, 6) is 0.0670. The Labute approximate surface area is 131 Å². The topological polar surface area (TPSA) is 29.1 Å². The molecule has 0 saturated carbocycles. The zero-order chi connectivity index (χ0) is 15.2. The number of nitrogens with one attached hydrogen (secondary N) is 1. The standard InChI is InChI=1S/C18H20ClNO/c1-13(11-15-7-4-3-5-8-15)20-14(2)18(21)16-9-6-10-17(19)12-16/h3-10,12-14,20H,11H2,1-2H3. The first-order chi connectivity index (χ1) is 10.1. The van der Waals surface area contributed by atoms with Gasteiger partial charge >= 0.3 is 0 Å². The van der Waals surface area contributed by atoms with Gasteiger partial charge in [-0.15, -0.1) is 0 Å². The van der Waals surface area contributed by atoms with Crippen LogP contribution in [0.15, 0.2) is 54.6 Å². The molecular formula is C18H20ClNO. The van der Waals surface area contributed by atoms with Crippen molar-refractivity contribution in [2.75, 3.05) is 0 Å². The van der Waals surface area contributed by atoms with Gasteiger partial charge in [-0.3, -0.25) is 4.79 Å². The van der Waals surface area contributed by atoms with Crippen LogP contribution < -0.4 is 5.32 Å². The number of Topliss-reactive ketones (excluding diaryl/α,β-unsaturated/α-hetero) is 1. The fourth-order valence-electron chi connectivity index (χ4n) is 2.42. The highest BCUT2D eigenvalue weighted by Gasteiger charge is 2.17. The number of halogens is 1. The van der Waals surface area contributed by atoms with Gasteiger partial charge in [0.25, 0.3) is 0 Å². The van der Waals surface area contributed by atoms with Gasteiger partial charge in [-0.1, -0.05) is 54.1 Å². The predicted octanol–water partition coefficient (Wildman–Crippen LogP) is 4.13. The quantitative estimate of drug-likeness (QED) is 0.813. The lowest BCUT2D eigenvalue weighted by Gasteiger charge is -2.19. The molecule has 2 atom stereocenters. The molecule has 1 N–H and O–H groups in total. The molecule has 110 valence electrons. The van der Waals surface area contributed by atoms with E-state index in [4.69, 9.17) is 11.6 Å². The molecule has 2 rings (SSSR count). The van der Waals surface area contributed by atoms with Gasteiger partial charge in [0.15, 0.2) is 5.78 Å². The third-order valence-corrected chi connectivity index (χ3v) is 3.66. The van der Waals surface area contributed by atoms with Crippen LogP contribution in [0.2, 0.25) is 5.02 Å². The zero-order valence-corrected chi connectivity index (χ0v) is 13.1. The third-order valence-electron chi connectivity index (χ3n) is 3.42. The van der Waals surface area contributed by atoms with Crippen molar-refractivity contribution in [3.05, 3.63) is 70.7 Å². The van der Waals surface area contributed by atoms with Crippen molar-refractivity contribution < 1.29 is 4.79 Å². The minimum Gasteiger partial charge on any atom is -0.305 e. The van der Waals surface area contributed by atoms with Gasteiger partial charge in [-0.2, -0.15) is 0 Å². The average molecular weight is 302 g/mol. The number of ketones is 1. The lowest BCUT2D eigenvalue weighted by atomic mass is 10.0. The van der Waals surface area contributed by atoms with Gasteiger partial charge in [0.2, 0.25) is 0 Å². The van der Waals surface area contributed by atoms with Crippen LogP contribution in [0.5, 0.6) is 0 Å². The van der Waals surface area contributed by atoms with E-state index in [1.807, 2.05) is 25.1 Å². The summed E-state index contributed by atoms with van der Waals surface area (Å²) in [6, 6.07) is 17.3.